The Balaban J connectivity index is 1.16. The minimum Gasteiger partial charge on any atom is -0.344 e. The summed E-state index contributed by atoms with van der Waals surface area (Å²) in [5, 5.41) is 0.342. The zero-order valence-electron chi connectivity index (χ0n) is 16.9. The fraction of sp³-hybridized carbons (Fsp3) is 0.619. The van der Waals surface area contributed by atoms with Gasteiger partial charge in [-0.1, -0.05) is 18.5 Å². The van der Waals surface area contributed by atoms with Gasteiger partial charge in [-0.25, -0.2) is 9.37 Å². The fourth-order valence-electron chi connectivity index (χ4n) is 4.88. The van der Waals surface area contributed by atoms with Crippen molar-refractivity contribution >= 4 is 28.5 Å². The van der Waals surface area contributed by atoms with Gasteiger partial charge in [-0.05, 0) is 31.4 Å². The van der Waals surface area contributed by atoms with Gasteiger partial charge >= 0.3 is 0 Å². The topological polar surface area (TPSA) is 55.5 Å². The number of fused-ring (bicyclic) bond motifs is 3. The number of likely N-dealkylation sites (N-methyl/N-ethyl adjacent to an activating group) is 1. The second-order valence-corrected chi connectivity index (χ2v) is 9.64. The van der Waals surface area contributed by atoms with Gasteiger partial charge in [-0.15, -0.1) is 0 Å². The molecule has 29 heavy (non-hydrogen) atoms. The summed E-state index contributed by atoms with van der Waals surface area (Å²) in [5.74, 6) is 0.764. The predicted octanol–water partition coefficient (Wildman–Crippen LogP) is 2.87. The van der Waals surface area contributed by atoms with Crippen molar-refractivity contribution in [3.63, 3.8) is 0 Å². The van der Waals surface area contributed by atoms with Gasteiger partial charge in [0.1, 0.15) is 17.2 Å². The number of aromatic amines is 1. The minimum absolute atomic E-state index is 0.0885. The Morgan fingerprint density at radius 1 is 1.38 bits per heavy atom. The highest BCUT2D eigenvalue weighted by Crippen LogP contribution is 2.46. The first-order valence-corrected chi connectivity index (χ1v) is 10.8. The lowest BCUT2D eigenvalue weighted by Gasteiger charge is -2.56. The number of rotatable bonds is 6. The maximum Gasteiger partial charge on any atom is 0.228 e. The highest BCUT2D eigenvalue weighted by Gasteiger charge is 2.47. The maximum absolute atomic E-state index is 13.5. The van der Waals surface area contributed by atoms with Gasteiger partial charge in [0.2, 0.25) is 5.91 Å². The van der Waals surface area contributed by atoms with Crippen LogP contribution in [0.3, 0.4) is 0 Å². The first-order valence-electron chi connectivity index (χ1n) is 10.4. The third-order valence-corrected chi connectivity index (χ3v) is 7.19. The van der Waals surface area contributed by atoms with E-state index in [2.05, 4.69) is 26.7 Å². The molecular formula is C21H27ClFN5O. The van der Waals surface area contributed by atoms with E-state index >= 15 is 0 Å². The standard InChI is InChI=1S/C21H27ClFN5O/c1-21(3-4-21)20(29)26(2)5-6-28-14-9-15(28)11-27(10-14)12-18-24-17-8-13(23)7-16(22)19(17)25-18/h7-8,14-15H,3-6,9-12H2,1-2H3,(H,24,25). The quantitative estimate of drug-likeness (QED) is 0.782. The summed E-state index contributed by atoms with van der Waals surface area (Å²) in [7, 11) is 1.93. The van der Waals surface area contributed by atoms with Crippen LogP contribution in [-0.2, 0) is 11.3 Å². The zero-order chi connectivity index (χ0) is 20.3. The van der Waals surface area contributed by atoms with Crippen molar-refractivity contribution < 1.29 is 9.18 Å². The Morgan fingerprint density at radius 2 is 2.10 bits per heavy atom. The summed E-state index contributed by atoms with van der Waals surface area (Å²) < 4.78 is 13.5. The molecule has 1 amide bonds. The molecule has 4 heterocycles. The molecule has 4 aliphatic rings. The molecule has 2 aromatic rings. The van der Waals surface area contributed by atoms with Crippen LogP contribution in [0.2, 0.25) is 5.02 Å². The van der Waals surface area contributed by atoms with Crippen molar-refractivity contribution in [2.75, 3.05) is 33.2 Å². The van der Waals surface area contributed by atoms with E-state index in [4.69, 9.17) is 11.6 Å². The molecule has 1 N–H and O–H groups in total. The van der Waals surface area contributed by atoms with Gasteiger partial charge in [-0.3, -0.25) is 14.6 Å². The van der Waals surface area contributed by atoms with Crippen LogP contribution in [0.25, 0.3) is 11.0 Å². The van der Waals surface area contributed by atoms with Crippen LogP contribution >= 0.6 is 11.6 Å². The van der Waals surface area contributed by atoms with Crippen LogP contribution in [-0.4, -0.2) is 75.9 Å². The van der Waals surface area contributed by atoms with Gasteiger partial charge in [0.05, 0.1) is 17.1 Å². The van der Waals surface area contributed by atoms with Crippen molar-refractivity contribution in [1.82, 2.24) is 24.7 Å². The van der Waals surface area contributed by atoms with Crippen molar-refractivity contribution in [3.8, 4) is 0 Å². The molecule has 3 aliphatic heterocycles. The summed E-state index contributed by atoms with van der Waals surface area (Å²) in [6.45, 7) is 6.51. The van der Waals surface area contributed by atoms with E-state index in [0.29, 0.717) is 40.6 Å². The largest absolute Gasteiger partial charge is 0.344 e. The molecule has 3 saturated heterocycles. The Bertz CT molecular complexity index is 946. The number of imidazole rings is 1. The number of amides is 1. The zero-order valence-corrected chi connectivity index (χ0v) is 17.7. The number of nitrogens with zero attached hydrogens (tertiary/aromatic N) is 4. The van der Waals surface area contributed by atoms with Gasteiger partial charge < -0.3 is 9.88 Å². The van der Waals surface area contributed by atoms with E-state index in [-0.39, 0.29) is 11.2 Å². The van der Waals surface area contributed by atoms with Crippen LogP contribution in [0.15, 0.2) is 12.1 Å². The minimum atomic E-state index is -0.355. The molecule has 2 atom stereocenters. The number of halogens is 2. The van der Waals surface area contributed by atoms with Crippen molar-refractivity contribution in [3.05, 3.63) is 28.8 Å². The molecule has 2 unspecified atom stereocenters. The molecule has 8 heteroatoms. The lowest BCUT2D eigenvalue weighted by Crippen LogP contribution is -2.69. The van der Waals surface area contributed by atoms with Gasteiger partial charge in [-0.2, -0.15) is 0 Å². The number of carbonyl (C=O) groups excluding carboxylic acids is 1. The molecule has 156 valence electrons. The van der Waals surface area contributed by atoms with Crippen LogP contribution in [0.1, 0.15) is 32.0 Å². The second-order valence-electron chi connectivity index (χ2n) is 9.23. The third kappa shape index (κ3) is 3.53. The van der Waals surface area contributed by atoms with Gasteiger partial charge in [0, 0.05) is 50.7 Å². The Kier molecular flexibility index (Phi) is 4.60. The Hall–Kier alpha value is -1.70. The van der Waals surface area contributed by atoms with E-state index in [9.17, 15) is 9.18 Å². The number of carbonyl (C=O) groups is 1. The summed E-state index contributed by atoms with van der Waals surface area (Å²) >= 11 is 6.11. The number of H-pyrrole nitrogens is 1. The number of piperidine rings is 1. The molecule has 1 saturated carbocycles. The normalized spacial score (nSPS) is 25.8. The van der Waals surface area contributed by atoms with E-state index in [1.54, 1.807) is 0 Å². The third-order valence-electron chi connectivity index (χ3n) is 6.90. The number of nitrogens with one attached hydrogen (secondary N) is 1. The average molecular weight is 420 g/mol. The Morgan fingerprint density at radius 3 is 2.79 bits per heavy atom. The number of hydrogen-bond acceptors (Lipinski definition) is 4. The molecule has 1 aromatic carbocycles. The van der Waals surface area contributed by atoms with Crippen molar-refractivity contribution in [1.29, 1.82) is 0 Å². The summed E-state index contributed by atoms with van der Waals surface area (Å²) in [6, 6.07) is 3.82. The number of hydrogen-bond donors (Lipinski definition) is 1. The first kappa shape index (κ1) is 19.3. The lowest BCUT2D eigenvalue weighted by molar-refractivity contribution is -0.136. The van der Waals surface area contributed by atoms with Crippen molar-refractivity contribution in [2.45, 2.75) is 44.8 Å². The Labute approximate surface area is 175 Å². The maximum atomic E-state index is 13.5. The van der Waals surface area contributed by atoms with E-state index in [1.165, 1.54) is 18.6 Å². The van der Waals surface area contributed by atoms with E-state index in [1.807, 2.05) is 11.9 Å². The molecular weight excluding hydrogens is 393 g/mol. The average Bonchev–Trinajstić information content (AvgIpc) is 3.29. The molecule has 0 spiro atoms. The molecule has 4 fully saturated rings. The van der Waals surface area contributed by atoms with Crippen LogP contribution in [0.5, 0.6) is 0 Å². The first-order chi connectivity index (χ1) is 13.8. The summed E-state index contributed by atoms with van der Waals surface area (Å²) in [5.41, 5.74) is 1.18. The SMILES string of the molecule is CN(CCN1C2CC1CN(Cc1nc3c(Cl)cc(F)cc3[nH]1)C2)C(=O)C1(C)CC1. The van der Waals surface area contributed by atoms with Gasteiger partial charge in [0.25, 0.3) is 0 Å². The molecule has 6 nitrogen and oxygen atoms in total. The van der Waals surface area contributed by atoms with E-state index < -0.39 is 0 Å². The van der Waals surface area contributed by atoms with Crippen LogP contribution in [0, 0.1) is 11.2 Å². The van der Waals surface area contributed by atoms with Crippen LogP contribution in [0.4, 0.5) is 4.39 Å². The molecule has 2 bridgehead atoms. The lowest BCUT2D eigenvalue weighted by atomic mass is 9.87. The second kappa shape index (κ2) is 6.93. The monoisotopic (exact) mass is 419 g/mol. The number of benzene rings is 1. The highest BCUT2D eigenvalue weighted by atomic mass is 35.5. The molecule has 1 aromatic heterocycles. The molecule has 6 rings (SSSR count). The summed E-state index contributed by atoms with van der Waals surface area (Å²) in [4.78, 5) is 27.0. The highest BCUT2D eigenvalue weighted by molar-refractivity contribution is 6.34. The molecule has 1 aliphatic carbocycles. The number of aromatic nitrogens is 2. The smallest absolute Gasteiger partial charge is 0.228 e. The van der Waals surface area contributed by atoms with Gasteiger partial charge in [0.15, 0.2) is 0 Å². The fourth-order valence-corrected chi connectivity index (χ4v) is 5.13. The summed E-state index contributed by atoms with van der Waals surface area (Å²) in [6.07, 6.45) is 3.28. The predicted molar refractivity (Wildman–Crippen MR) is 110 cm³/mol. The van der Waals surface area contributed by atoms with Crippen molar-refractivity contribution in [2.24, 2.45) is 5.41 Å². The number of piperazine rings is 1. The van der Waals surface area contributed by atoms with Crippen LogP contribution < -0.4 is 0 Å². The van der Waals surface area contributed by atoms with E-state index in [0.717, 1.165) is 44.8 Å². The molecule has 0 radical (unpaired) electrons.